The summed E-state index contributed by atoms with van der Waals surface area (Å²) in [6, 6.07) is 10.3. The van der Waals surface area contributed by atoms with Crippen LogP contribution in [0.5, 0.6) is 5.75 Å². The van der Waals surface area contributed by atoms with Crippen LogP contribution in [-0.2, 0) is 13.1 Å². The average molecular weight is 308 g/mol. The summed E-state index contributed by atoms with van der Waals surface area (Å²) in [4.78, 5) is 14.1. The zero-order valence-electron chi connectivity index (χ0n) is 13.7. The summed E-state index contributed by atoms with van der Waals surface area (Å²) in [6.07, 6.45) is 1.06. The van der Waals surface area contributed by atoms with Crippen LogP contribution in [0.1, 0.15) is 29.3 Å². The smallest absolute Gasteiger partial charge is 0.254 e. The van der Waals surface area contributed by atoms with Gasteiger partial charge in [-0.05, 0) is 36.2 Å². The maximum Gasteiger partial charge on any atom is 0.254 e. The maximum absolute atomic E-state index is 12.3. The standard InChI is InChI=1S/C19H20N2O2/c1-4-9-21-16-8-7-13-15(11-20(2)19(13)22)18(16)14-6-5-12(23-3)10-17(14)21/h5-8,10H,4,9,11H2,1-3H3. The summed E-state index contributed by atoms with van der Waals surface area (Å²) < 4.78 is 7.75. The highest BCUT2D eigenvalue weighted by atomic mass is 16.5. The van der Waals surface area contributed by atoms with Crippen molar-refractivity contribution in [1.82, 2.24) is 9.47 Å². The van der Waals surface area contributed by atoms with Crippen LogP contribution in [0.25, 0.3) is 21.8 Å². The fourth-order valence-electron chi connectivity index (χ4n) is 3.71. The molecule has 1 aromatic heterocycles. The quantitative estimate of drug-likeness (QED) is 0.737. The number of benzene rings is 2. The number of aryl methyl sites for hydroxylation is 1. The van der Waals surface area contributed by atoms with Crippen molar-refractivity contribution in [3.8, 4) is 5.75 Å². The van der Waals surface area contributed by atoms with E-state index < -0.39 is 0 Å². The first-order valence-corrected chi connectivity index (χ1v) is 8.03. The van der Waals surface area contributed by atoms with Crippen LogP contribution < -0.4 is 4.74 Å². The molecule has 0 saturated carbocycles. The van der Waals surface area contributed by atoms with Crippen LogP contribution in [0.3, 0.4) is 0 Å². The van der Waals surface area contributed by atoms with E-state index in [4.69, 9.17) is 4.74 Å². The Bertz CT molecular complexity index is 940. The van der Waals surface area contributed by atoms with E-state index in [9.17, 15) is 4.79 Å². The molecule has 0 aliphatic carbocycles. The molecule has 1 amide bonds. The predicted octanol–water partition coefficient (Wildman–Crippen LogP) is 3.80. The third-order valence-electron chi connectivity index (χ3n) is 4.77. The number of amides is 1. The Morgan fingerprint density at radius 1 is 1.17 bits per heavy atom. The van der Waals surface area contributed by atoms with Gasteiger partial charge in [0.25, 0.3) is 5.91 Å². The van der Waals surface area contributed by atoms with Crippen molar-refractivity contribution >= 4 is 27.7 Å². The van der Waals surface area contributed by atoms with Gasteiger partial charge >= 0.3 is 0 Å². The molecule has 0 bridgehead atoms. The Balaban J connectivity index is 2.13. The summed E-state index contributed by atoms with van der Waals surface area (Å²) in [7, 11) is 3.56. The second kappa shape index (κ2) is 5.01. The molecule has 3 aromatic rings. The number of carbonyl (C=O) groups is 1. The summed E-state index contributed by atoms with van der Waals surface area (Å²) in [5.74, 6) is 0.981. The van der Waals surface area contributed by atoms with Crippen molar-refractivity contribution in [1.29, 1.82) is 0 Å². The topological polar surface area (TPSA) is 34.5 Å². The molecule has 0 radical (unpaired) electrons. The van der Waals surface area contributed by atoms with Crippen molar-refractivity contribution < 1.29 is 9.53 Å². The van der Waals surface area contributed by atoms with Gasteiger partial charge in [0.05, 0.1) is 12.6 Å². The van der Waals surface area contributed by atoms with Crippen molar-refractivity contribution in [2.45, 2.75) is 26.4 Å². The first kappa shape index (κ1) is 14.1. The lowest BCUT2D eigenvalue weighted by Gasteiger charge is -2.06. The first-order valence-electron chi connectivity index (χ1n) is 8.03. The molecule has 2 aromatic carbocycles. The third kappa shape index (κ3) is 1.87. The number of methoxy groups -OCH3 is 1. The van der Waals surface area contributed by atoms with Crippen molar-refractivity contribution in [3.63, 3.8) is 0 Å². The molecule has 4 rings (SSSR count). The Kier molecular flexibility index (Phi) is 3.08. The van der Waals surface area contributed by atoms with Crippen LogP contribution >= 0.6 is 0 Å². The van der Waals surface area contributed by atoms with Crippen LogP contribution in [0.15, 0.2) is 30.3 Å². The Morgan fingerprint density at radius 2 is 2.00 bits per heavy atom. The number of nitrogens with zero attached hydrogens (tertiary/aromatic N) is 2. The number of aromatic nitrogens is 1. The first-order chi connectivity index (χ1) is 11.2. The summed E-state index contributed by atoms with van der Waals surface area (Å²) in [6.45, 7) is 3.82. The fraction of sp³-hybridized carbons (Fsp3) is 0.316. The van der Waals surface area contributed by atoms with Gasteiger partial charge in [0.15, 0.2) is 0 Å². The summed E-state index contributed by atoms with van der Waals surface area (Å²) >= 11 is 0. The van der Waals surface area contributed by atoms with Gasteiger partial charge < -0.3 is 14.2 Å². The molecular weight excluding hydrogens is 288 g/mol. The molecule has 1 aliphatic rings. The third-order valence-corrected chi connectivity index (χ3v) is 4.77. The van der Waals surface area contributed by atoms with Crippen molar-refractivity contribution in [2.24, 2.45) is 0 Å². The normalized spacial score (nSPS) is 14.0. The molecule has 0 fully saturated rings. The number of rotatable bonds is 3. The van der Waals surface area contributed by atoms with Crippen LogP contribution in [0, 0.1) is 0 Å². The molecule has 0 saturated heterocycles. The van der Waals surface area contributed by atoms with Gasteiger partial charge in [-0.15, -0.1) is 0 Å². The number of carbonyl (C=O) groups excluding carboxylic acids is 1. The largest absolute Gasteiger partial charge is 0.497 e. The molecule has 0 N–H and O–H groups in total. The van der Waals surface area contributed by atoms with Gasteiger partial charge in [-0.3, -0.25) is 4.79 Å². The lowest BCUT2D eigenvalue weighted by atomic mass is 10.0. The molecule has 0 unspecified atom stereocenters. The lowest BCUT2D eigenvalue weighted by molar-refractivity contribution is 0.0816. The minimum Gasteiger partial charge on any atom is -0.497 e. The van der Waals surface area contributed by atoms with E-state index in [0.717, 1.165) is 29.8 Å². The number of hydrogen-bond donors (Lipinski definition) is 0. The molecule has 4 nitrogen and oxygen atoms in total. The van der Waals surface area contributed by atoms with E-state index in [1.54, 1.807) is 12.0 Å². The minimum absolute atomic E-state index is 0.117. The number of ether oxygens (including phenoxy) is 1. The molecule has 4 heteroatoms. The zero-order valence-corrected chi connectivity index (χ0v) is 13.7. The van der Waals surface area contributed by atoms with Gasteiger partial charge in [0, 0.05) is 48.1 Å². The van der Waals surface area contributed by atoms with E-state index in [1.807, 2.05) is 19.2 Å². The summed E-state index contributed by atoms with van der Waals surface area (Å²) in [5, 5.41) is 2.42. The van der Waals surface area contributed by atoms with Gasteiger partial charge in [-0.2, -0.15) is 0 Å². The Morgan fingerprint density at radius 3 is 2.74 bits per heavy atom. The van der Waals surface area contributed by atoms with E-state index in [2.05, 4.69) is 29.7 Å². The molecule has 1 aliphatic heterocycles. The van der Waals surface area contributed by atoms with Crippen molar-refractivity contribution in [3.05, 3.63) is 41.5 Å². The zero-order chi connectivity index (χ0) is 16.1. The van der Waals surface area contributed by atoms with E-state index in [1.165, 1.54) is 21.8 Å². The minimum atomic E-state index is 0.117. The summed E-state index contributed by atoms with van der Waals surface area (Å²) in [5.41, 5.74) is 4.37. The van der Waals surface area contributed by atoms with Gasteiger partial charge in [0.2, 0.25) is 0 Å². The second-order valence-corrected chi connectivity index (χ2v) is 6.18. The van der Waals surface area contributed by atoms with Gasteiger partial charge in [-0.25, -0.2) is 0 Å². The van der Waals surface area contributed by atoms with E-state index in [0.29, 0.717) is 6.54 Å². The van der Waals surface area contributed by atoms with Gasteiger partial charge in [-0.1, -0.05) is 6.92 Å². The highest BCUT2D eigenvalue weighted by Crippen LogP contribution is 2.38. The SMILES string of the molecule is CCCn1c2cc(OC)ccc2c2c3c(ccc21)C(=O)N(C)C3. The molecule has 118 valence electrons. The molecule has 23 heavy (non-hydrogen) atoms. The lowest BCUT2D eigenvalue weighted by Crippen LogP contribution is -2.17. The molecule has 0 spiro atoms. The van der Waals surface area contributed by atoms with Gasteiger partial charge in [0.1, 0.15) is 5.75 Å². The average Bonchev–Trinajstić information content (AvgIpc) is 3.03. The predicted molar refractivity (Wildman–Crippen MR) is 92.1 cm³/mol. The maximum atomic E-state index is 12.3. The van der Waals surface area contributed by atoms with E-state index in [-0.39, 0.29) is 5.91 Å². The molecular formula is C19H20N2O2. The number of fused-ring (bicyclic) bond motifs is 5. The van der Waals surface area contributed by atoms with E-state index >= 15 is 0 Å². The Hall–Kier alpha value is -2.49. The van der Waals surface area contributed by atoms with Crippen LogP contribution in [0.2, 0.25) is 0 Å². The second-order valence-electron chi connectivity index (χ2n) is 6.18. The highest BCUT2D eigenvalue weighted by Gasteiger charge is 2.28. The number of hydrogen-bond acceptors (Lipinski definition) is 2. The monoisotopic (exact) mass is 308 g/mol. The fourth-order valence-corrected chi connectivity index (χ4v) is 3.71. The Labute approximate surface area is 135 Å². The molecule has 0 atom stereocenters. The van der Waals surface area contributed by atoms with Crippen LogP contribution in [-0.4, -0.2) is 29.5 Å². The van der Waals surface area contributed by atoms with Crippen LogP contribution in [0.4, 0.5) is 0 Å². The highest BCUT2D eigenvalue weighted by molar-refractivity contribution is 6.14. The van der Waals surface area contributed by atoms with Crippen molar-refractivity contribution in [2.75, 3.05) is 14.2 Å². The molecule has 2 heterocycles.